The summed E-state index contributed by atoms with van der Waals surface area (Å²) in [5.74, 6) is 3.51. The summed E-state index contributed by atoms with van der Waals surface area (Å²) < 4.78 is 23.7. The van der Waals surface area contributed by atoms with Gasteiger partial charge in [0.2, 0.25) is 0 Å². The van der Waals surface area contributed by atoms with Crippen LogP contribution in [0.15, 0.2) is 85.2 Å². The van der Waals surface area contributed by atoms with E-state index in [1.54, 1.807) is 78.0 Å². The van der Waals surface area contributed by atoms with Gasteiger partial charge in [-0.05, 0) is 23.3 Å². The summed E-state index contributed by atoms with van der Waals surface area (Å²) in [6, 6.07) is 20.4. The average molecular weight is 939 g/mol. The van der Waals surface area contributed by atoms with Crippen molar-refractivity contribution in [3.63, 3.8) is 0 Å². The summed E-state index contributed by atoms with van der Waals surface area (Å²) in [6.45, 7) is 0.963. The summed E-state index contributed by atoms with van der Waals surface area (Å²) in [5, 5.41) is 6.36. The van der Waals surface area contributed by atoms with Crippen LogP contribution in [0.1, 0.15) is 45.6 Å². The van der Waals surface area contributed by atoms with Crippen LogP contribution in [0.25, 0.3) is 41.3 Å². The minimum Gasteiger partial charge on any atom is -0.495 e. The number of aromatic amines is 2. The Hall–Kier alpha value is -6.22. The van der Waals surface area contributed by atoms with Gasteiger partial charge < -0.3 is 49.3 Å². The Bertz CT molecular complexity index is 2600. The number of carbonyl (C=O) groups excluding carboxylic acids is 4. The number of nitrogens with zero attached hydrogens (tertiary/aromatic N) is 4. The first-order valence-corrected chi connectivity index (χ1v) is 23.8. The number of benzene rings is 3. The van der Waals surface area contributed by atoms with Crippen LogP contribution in [0.2, 0.25) is 0 Å². The van der Waals surface area contributed by atoms with Crippen molar-refractivity contribution < 1.29 is 38.1 Å². The molecule has 64 heavy (non-hydrogen) atoms. The molecule has 4 aromatic heterocycles. The van der Waals surface area contributed by atoms with Gasteiger partial charge in [-0.1, -0.05) is 60.7 Å². The van der Waals surface area contributed by atoms with E-state index < -0.39 is 35.0 Å². The number of rotatable bonds is 12. The number of hydrogen-bond acceptors (Lipinski definition) is 14. The maximum Gasteiger partial charge on any atom is 0.407 e. The molecule has 3 aromatic carbocycles. The second-order valence-electron chi connectivity index (χ2n) is 14.6. The maximum atomic E-state index is 14.1. The highest BCUT2D eigenvalue weighted by Gasteiger charge is 2.39. The molecule has 330 valence electrons. The van der Waals surface area contributed by atoms with Gasteiger partial charge in [-0.3, -0.25) is 9.59 Å². The molecule has 0 spiro atoms. The third-order valence-electron chi connectivity index (χ3n) is 11.0. The standard InChI is InChI=1S/C44H42N8O8S4/c1-57-33-25-19-29(27-21-45-37(47-27)41-51(15-17-61-41)39(53)31(49-43(55)59-3)23-11-7-5-8-12-23)64-36(25)34(58-2)26-20-30(63-35(26)33)28-22-46-38(48-28)42-52(16-18-62-42)40(54)32(50-44(56)60-4)24-13-9-6-10-14-24/h5-14,19-22,31-32,41-42H,15-18H2,1-4H3,(H,45,47)(H,46,48)(H,49,55)(H,50,56)/t31?,32?,41-,42-/m0/s1. The zero-order valence-electron chi connectivity index (χ0n) is 34.9. The van der Waals surface area contributed by atoms with Crippen molar-refractivity contribution in [2.24, 2.45) is 0 Å². The summed E-state index contributed by atoms with van der Waals surface area (Å²) in [5.41, 5.74) is 2.77. The van der Waals surface area contributed by atoms with Crippen LogP contribution in [0.3, 0.4) is 0 Å². The van der Waals surface area contributed by atoms with Crippen molar-refractivity contribution >= 4 is 90.4 Å². The first-order valence-electron chi connectivity index (χ1n) is 20.1. The number of thiophene rings is 2. The molecule has 20 heteroatoms. The number of H-pyrrole nitrogens is 2. The number of alkyl carbamates (subject to hydrolysis) is 2. The van der Waals surface area contributed by atoms with E-state index in [9.17, 15) is 19.2 Å². The van der Waals surface area contributed by atoms with E-state index in [1.807, 2.05) is 48.7 Å². The Morgan fingerprint density at radius 3 is 1.72 bits per heavy atom. The van der Waals surface area contributed by atoms with Crippen molar-refractivity contribution in [1.82, 2.24) is 40.4 Å². The van der Waals surface area contributed by atoms with Gasteiger partial charge in [0.1, 0.15) is 46.0 Å². The predicted molar refractivity (Wildman–Crippen MR) is 249 cm³/mol. The van der Waals surface area contributed by atoms with Crippen LogP contribution in [0.5, 0.6) is 11.5 Å². The molecule has 0 aliphatic carbocycles. The fourth-order valence-corrected chi connectivity index (χ4v) is 12.6. The van der Waals surface area contributed by atoms with E-state index >= 15 is 0 Å². The van der Waals surface area contributed by atoms with Gasteiger partial charge in [-0.2, -0.15) is 0 Å². The zero-order chi connectivity index (χ0) is 44.5. The van der Waals surface area contributed by atoms with Gasteiger partial charge in [-0.15, -0.1) is 46.2 Å². The molecule has 16 nitrogen and oxygen atoms in total. The van der Waals surface area contributed by atoms with Crippen LogP contribution in [0.4, 0.5) is 9.59 Å². The van der Waals surface area contributed by atoms with Crippen molar-refractivity contribution in [3.05, 3.63) is 108 Å². The second kappa shape index (κ2) is 18.5. The fraction of sp³-hybridized carbons (Fsp3) is 0.273. The Balaban J connectivity index is 0.983. The molecule has 0 bridgehead atoms. The number of ether oxygens (including phenoxy) is 4. The number of hydrogen-bond donors (Lipinski definition) is 4. The quantitative estimate of drug-likeness (QED) is 0.0918. The third kappa shape index (κ3) is 8.10. The lowest BCUT2D eigenvalue weighted by molar-refractivity contribution is -0.134. The first kappa shape index (κ1) is 43.1. The van der Waals surface area contributed by atoms with Crippen LogP contribution < -0.4 is 20.1 Å². The van der Waals surface area contributed by atoms with Gasteiger partial charge in [0.25, 0.3) is 11.8 Å². The lowest BCUT2D eigenvalue weighted by Crippen LogP contribution is -2.42. The molecule has 4 amide bonds. The van der Waals surface area contributed by atoms with Crippen LogP contribution in [-0.2, 0) is 19.1 Å². The number of nitrogens with one attached hydrogen (secondary N) is 4. The molecule has 2 aliphatic heterocycles. The van der Waals surface area contributed by atoms with Gasteiger partial charge in [-0.25, -0.2) is 19.6 Å². The number of aromatic nitrogens is 4. The monoisotopic (exact) mass is 938 g/mol. The van der Waals surface area contributed by atoms with Gasteiger partial charge in [0.15, 0.2) is 0 Å². The first-order chi connectivity index (χ1) is 31.2. The van der Waals surface area contributed by atoms with Crippen molar-refractivity contribution in [1.29, 1.82) is 0 Å². The number of carbonyl (C=O) groups is 4. The second-order valence-corrected chi connectivity index (χ2v) is 19.1. The minimum atomic E-state index is -0.931. The van der Waals surface area contributed by atoms with Crippen molar-refractivity contribution in [3.8, 4) is 32.6 Å². The topological polar surface area (TPSA) is 193 Å². The number of fused-ring (bicyclic) bond motifs is 2. The summed E-state index contributed by atoms with van der Waals surface area (Å²) in [4.78, 5) is 74.6. The summed E-state index contributed by atoms with van der Waals surface area (Å²) >= 11 is 6.26. The van der Waals surface area contributed by atoms with Crippen molar-refractivity contribution in [2.75, 3.05) is 53.0 Å². The molecule has 0 radical (unpaired) electrons. The highest BCUT2D eigenvalue weighted by atomic mass is 32.2. The molecule has 4 N–H and O–H groups in total. The summed E-state index contributed by atoms with van der Waals surface area (Å²) in [7, 11) is 5.84. The molecule has 4 atom stereocenters. The van der Waals surface area contributed by atoms with Crippen LogP contribution in [-0.4, -0.2) is 107 Å². The third-order valence-corrected chi connectivity index (χ3v) is 15.7. The maximum absolute atomic E-state index is 14.1. The highest BCUT2D eigenvalue weighted by Crippen LogP contribution is 2.52. The molecule has 2 fully saturated rings. The Morgan fingerprint density at radius 2 is 1.20 bits per heavy atom. The lowest BCUT2D eigenvalue weighted by atomic mass is 10.1. The van der Waals surface area contributed by atoms with E-state index in [2.05, 4.69) is 26.7 Å². The molecular formula is C44H42N8O8S4. The Labute approximate surface area is 383 Å². The molecular weight excluding hydrogens is 897 g/mol. The fourth-order valence-electron chi connectivity index (χ4n) is 7.94. The van der Waals surface area contributed by atoms with Gasteiger partial charge in [0, 0.05) is 41.6 Å². The molecule has 7 aromatic rings. The number of amides is 4. The van der Waals surface area contributed by atoms with E-state index in [0.29, 0.717) is 64.6 Å². The van der Waals surface area contributed by atoms with E-state index in [-0.39, 0.29) is 11.8 Å². The van der Waals surface area contributed by atoms with E-state index in [1.165, 1.54) is 36.9 Å². The minimum absolute atomic E-state index is 0.261. The highest BCUT2D eigenvalue weighted by molar-refractivity contribution is 8.00. The zero-order valence-corrected chi connectivity index (χ0v) is 38.2. The molecule has 6 heterocycles. The van der Waals surface area contributed by atoms with E-state index in [4.69, 9.17) is 28.9 Å². The number of methoxy groups -OCH3 is 4. The smallest absolute Gasteiger partial charge is 0.407 e. The van der Waals surface area contributed by atoms with E-state index in [0.717, 1.165) is 35.6 Å². The lowest BCUT2D eigenvalue weighted by Gasteiger charge is -2.27. The molecule has 0 saturated carbocycles. The normalized spacial score (nSPS) is 17.1. The SMILES string of the molecule is COC(=O)NC(C(=O)N1CCS[C@H]1c1nc(-c2cc3c(OC)c4sc(-c5cnc([C@@H]6SCCN6C(=O)C(NC(=O)OC)c6ccccc6)[nH]5)cc4c(OC)c3s2)c[nH]1)c1ccccc1. The predicted octanol–water partition coefficient (Wildman–Crippen LogP) is 8.26. The van der Waals surface area contributed by atoms with Crippen LogP contribution in [0, 0.1) is 0 Å². The molecule has 2 aliphatic rings. The number of imidazole rings is 2. The molecule has 2 unspecified atom stereocenters. The molecule has 2 saturated heterocycles. The van der Waals surface area contributed by atoms with Crippen LogP contribution >= 0.6 is 46.2 Å². The Morgan fingerprint density at radius 1 is 0.703 bits per heavy atom. The average Bonchev–Trinajstić information content (AvgIpc) is 4.18. The summed E-state index contributed by atoms with van der Waals surface area (Å²) in [6.07, 6.45) is 2.22. The van der Waals surface area contributed by atoms with Gasteiger partial charge in [0.05, 0.1) is 65.2 Å². The Kier molecular flexibility index (Phi) is 12.4. The largest absolute Gasteiger partial charge is 0.495 e. The number of thioether (sulfide) groups is 2. The van der Waals surface area contributed by atoms with Crippen molar-refractivity contribution in [2.45, 2.75) is 22.8 Å². The molecule has 9 rings (SSSR count). The van der Waals surface area contributed by atoms with Gasteiger partial charge >= 0.3 is 12.2 Å².